The Morgan fingerprint density at radius 1 is 1.39 bits per heavy atom. The van der Waals surface area contributed by atoms with Gasteiger partial charge < -0.3 is 4.74 Å². The Balaban J connectivity index is 2.27. The van der Waals surface area contributed by atoms with E-state index in [0.29, 0.717) is 18.3 Å². The van der Waals surface area contributed by atoms with E-state index in [9.17, 15) is 0 Å². The number of hydrogen-bond acceptors (Lipinski definition) is 4. The Bertz CT molecular complexity index is 529. The first-order valence-electron chi connectivity index (χ1n) is 5.79. The van der Waals surface area contributed by atoms with Crippen LogP contribution in [-0.4, -0.2) is 21.8 Å². The molecule has 0 spiro atoms. The fraction of sp³-hybridized carbons (Fsp3) is 0.308. The molecule has 1 atom stereocenters. The number of nitrogens with zero attached hydrogens (tertiary/aromatic N) is 3. The zero-order valence-electron chi connectivity index (χ0n) is 10.1. The lowest BCUT2D eigenvalue weighted by molar-refractivity contribution is 0.0853. The van der Waals surface area contributed by atoms with Gasteiger partial charge in [-0.05, 0) is 12.5 Å². The average molecular weight is 242 g/mol. The molecular formula is C13H14N4O. The fourth-order valence-electron chi connectivity index (χ4n) is 1.70. The molecule has 92 valence electrons. The molecule has 0 aliphatic carbocycles. The van der Waals surface area contributed by atoms with Crippen LogP contribution in [0.3, 0.4) is 0 Å². The molecule has 5 heteroatoms. The summed E-state index contributed by atoms with van der Waals surface area (Å²) in [5, 5.41) is 15.5. The molecule has 0 saturated carbocycles. The molecule has 2 rings (SSSR count). The number of hydrogen-bond donors (Lipinski definition) is 1. The molecule has 0 aliphatic rings. The summed E-state index contributed by atoms with van der Waals surface area (Å²) in [7, 11) is 0. The molecule has 0 amide bonds. The van der Waals surface area contributed by atoms with Gasteiger partial charge in [0.2, 0.25) is 0 Å². The molecule has 1 aromatic carbocycles. The third-order valence-corrected chi connectivity index (χ3v) is 2.47. The van der Waals surface area contributed by atoms with E-state index < -0.39 is 0 Å². The Morgan fingerprint density at radius 3 is 2.83 bits per heavy atom. The van der Waals surface area contributed by atoms with Gasteiger partial charge in [0.15, 0.2) is 5.82 Å². The number of ether oxygens (including phenoxy) is 1. The van der Waals surface area contributed by atoms with E-state index in [1.807, 2.05) is 43.3 Å². The Labute approximate surface area is 105 Å². The molecule has 0 bridgehead atoms. The zero-order chi connectivity index (χ0) is 12.8. The number of aromatic amines is 1. The number of benzene rings is 1. The summed E-state index contributed by atoms with van der Waals surface area (Å²) in [4.78, 5) is 4.28. The maximum Gasteiger partial charge on any atom is 0.184 e. The summed E-state index contributed by atoms with van der Waals surface area (Å²) in [6.07, 6.45) is -0.0689. The summed E-state index contributed by atoms with van der Waals surface area (Å²) in [6.45, 7) is 2.50. The van der Waals surface area contributed by atoms with Crippen molar-refractivity contribution < 1.29 is 4.74 Å². The Kier molecular flexibility index (Phi) is 4.05. The van der Waals surface area contributed by atoms with Gasteiger partial charge >= 0.3 is 0 Å². The van der Waals surface area contributed by atoms with Crippen LogP contribution in [0.15, 0.2) is 30.3 Å². The maximum atomic E-state index is 8.62. The molecule has 0 saturated heterocycles. The average Bonchev–Trinajstić information content (AvgIpc) is 2.86. The molecule has 1 N–H and O–H groups in total. The lowest BCUT2D eigenvalue weighted by atomic mass is 10.1. The second kappa shape index (κ2) is 5.94. The number of rotatable bonds is 5. The van der Waals surface area contributed by atoms with Crippen molar-refractivity contribution in [2.24, 2.45) is 0 Å². The van der Waals surface area contributed by atoms with Crippen molar-refractivity contribution >= 4 is 0 Å². The molecule has 0 aliphatic heterocycles. The highest BCUT2D eigenvalue weighted by Gasteiger charge is 2.18. The van der Waals surface area contributed by atoms with Crippen LogP contribution in [0.5, 0.6) is 0 Å². The third-order valence-electron chi connectivity index (χ3n) is 2.47. The topological polar surface area (TPSA) is 74.6 Å². The van der Waals surface area contributed by atoms with Crippen LogP contribution < -0.4 is 0 Å². The summed E-state index contributed by atoms with van der Waals surface area (Å²) in [5.74, 6) is 1.13. The van der Waals surface area contributed by atoms with E-state index in [1.165, 1.54) is 0 Å². The molecule has 1 heterocycles. The monoisotopic (exact) mass is 242 g/mol. The van der Waals surface area contributed by atoms with Crippen LogP contribution in [0.4, 0.5) is 0 Å². The van der Waals surface area contributed by atoms with Gasteiger partial charge in [0.1, 0.15) is 11.9 Å². The van der Waals surface area contributed by atoms with Crippen molar-refractivity contribution in [2.45, 2.75) is 19.4 Å². The largest absolute Gasteiger partial charge is 0.366 e. The van der Waals surface area contributed by atoms with Crippen molar-refractivity contribution in [1.29, 1.82) is 5.26 Å². The minimum Gasteiger partial charge on any atom is -0.366 e. The van der Waals surface area contributed by atoms with Gasteiger partial charge in [0.25, 0.3) is 0 Å². The summed E-state index contributed by atoms with van der Waals surface area (Å²) < 4.78 is 5.68. The molecule has 1 unspecified atom stereocenters. The second-order valence-electron chi connectivity index (χ2n) is 3.72. The predicted molar refractivity (Wildman–Crippen MR) is 65.6 cm³/mol. The van der Waals surface area contributed by atoms with Gasteiger partial charge in [-0.2, -0.15) is 10.4 Å². The lowest BCUT2D eigenvalue weighted by Gasteiger charge is -2.13. The quantitative estimate of drug-likeness (QED) is 0.870. The predicted octanol–water partition coefficient (Wildman–Crippen LogP) is 2.00. The van der Waals surface area contributed by atoms with Gasteiger partial charge in [-0.15, -0.1) is 0 Å². The molecule has 18 heavy (non-hydrogen) atoms. The van der Waals surface area contributed by atoms with E-state index in [0.717, 1.165) is 5.56 Å². The van der Waals surface area contributed by atoms with Gasteiger partial charge in [-0.25, -0.2) is 4.98 Å². The number of nitriles is 1. The van der Waals surface area contributed by atoms with E-state index in [2.05, 4.69) is 15.2 Å². The van der Waals surface area contributed by atoms with E-state index >= 15 is 0 Å². The van der Waals surface area contributed by atoms with Crippen molar-refractivity contribution in [2.75, 3.05) is 6.61 Å². The highest BCUT2D eigenvalue weighted by atomic mass is 16.5. The Hall–Kier alpha value is -2.19. The lowest BCUT2D eigenvalue weighted by Crippen LogP contribution is -2.08. The minimum atomic E-state index is -0.292. The summed E-state index contributed by atoms with van der Waals surface area (Å²) >= 11 is 0. The highest BCUT2D eigenvalue weighted by Crippen LogP contribution is 2.22. The molecule has 0 radical (unpaired) electrons. The van der Waals surface area contributed by atoms with Crippen molar-refractivity contribution in [3.05, 3.63) is 47.5 Å². The van der Waals surface area contributed by atoms with Crippen LogP contribution >= 0.6 is 0 Å². The van der Waals surface area contributed by atoms with Crippen LogP contribution in [0.2, 0.25) is 0 Å². The van der Waals surface area contributed by atoms with Crippen LogP contribution in [0, 0.1) is 11.3 Å². The molecule has 2 aromatic rings. The Morgan fingerprint density at radius 2 is 2.17 bits per heavy atom. The van der Waals surface area contributed by atoms with Gasteiger partial charge in [-0.1, -0.05) is 30.3 Å². The van der Waals surface area contributed by atoms with Crippen LogP contribution in [-0.2, 0) is 11.2 Å². The van der Waals surface area contributed by atoms with Crippen LogP contribution in [0.25, 0.3) is 0 Å². The minimum absolute atomic E-state index is 0.223. The first-order valence-corrected chi connectivity index (χ1v) is 5.79. The maximum absolute atomic E-state index is 8.62. The first-order chi connectivity index (χ1) is 8.85. The molecule has 0 fully saturated rings. The summed E-state index contributed by atoms with van der Waals surface area (Å²) in [6, 6.07) is 11.8. The zero-order valence-corrected chi connectivity index (χ0v) is 10.1. The highest BCUT2D eigenvalue weighted by molar-refractivity contribution is 5.23. The van der Waals surface area contributed by atoms with Crippen LogP contribution in [0.1, 0.15) is 30.2 Å². The molecular weight excluding hydrogens is 228 g/mol. The van der Waals surface area contributed by atoms with Crippen molar-refractivity contribution in [3.63, 3.8) is 0 Å². The third kappa shape index (κ3) is 2.73. The van der Waals surface area contributed by atoms with E-state index in [1.54, 1.807) is 0 Å². The summed E-state index contributed by atoms with van der Waals surface area (Å²) in [5.41, 5.74) is 1.00. The number of nitrogens with one attached hydrogen (secondary N) is 1. The fourth-order valence-corrected chi connectivity index (χ4v) is 1.70. The smallest absolute Gasteiger partial charge is 0.184 e. The number of H-pyrrole nitrogens is 1. The number of aromatic nitrogens is 3. The second-order valence-corrected chi connectivity index (χ2v) is 3.72. The van der Waals surface area contributed by atoms with Gasteiger partial charge in [0.05, 0.1) is 12.5 Å². The van der Waals surface area contributed by atoms with E-state index in [-0.39, 0.29) is 12.5 Å². The first kappa shape index (κ1) is 12.3. The standard InChI is InChI=1S/C13H14N4O/c1-2-18-12(10-6-4-3-5-7-10)13-15-11(8-9-14)16-17-13/h3-7,12H,2,8H2,1H3,(H,15,16,17). The van der Waals surface area contributed by atoms with Gasteiger partial charge in [-0.3, -0.25) is 5.10 Å². The molecule has 1 aromatic heterocycles. The van der Waals surface area contributed by atoms with Crippen molar-refractivity contribution in [3.8, 4) is 6.07 Å². The normalized spacial score (nSPS) is 12.0. The SMILES string of the molecule is CCOC(c1ccccc1)c1n[nH]c(CC#N)n1. The van der Waals surface area contributed by atoms with Gasteiger partial charge in [0, 0.05) is 6.61 Å². The van der Waals surface area contributed by atoms with E-state index in [4.69, 9.17) is 10.00 Å². The van der Waals surface area contributed by atoms with Crippen molar-refractivity contribution in [1.82, 2.24) is 15.2 Å². The molecule has 5 nitrogen and oxygen atoms in total.